The number of carbonyl (C=O) groups is 1. The molecule has 0 saturated heterocycles. The third-order valence-electron chi connectivity index (χ3n) is 5.34. The molecule has 0 radical (unpaired) electrons. The maximum absolute atomic E-state index is 13.8. The maximum atomic E-state index is 13.8. The molecule has 4 rings (SSSR count). The van der Waals surface area contributed by atoms with Gasteiger partial charge in [0.15, 0.2) is 5.54 Å². The fourth-order valence-corrected chi connectivity index (χ4v) is 3.95. The van der Waals surface area contributed by atoms with Crippen LogP contribution in [0.5, 0.6) is 0 Å². The minimum Gasteiger partial charge on any atom is -0.330 e. The molecule has 2 aromatic carbocycles. The Morgan fingerprint density at radius 2 is 1.93 bits per heavy atom. The maximum Gasteiger partial charge on any atom is 0.254 e. The van der Waals surface area contributed by atoms with Crippen LogP contribution in [0.25, 0.3) is 0 Å². The zero-order valence-electron chi connectivity index (χ0n) is 15.8. The lowest BCUT2D eigenvalue weighted by atomic mass is 9.82. The summed E-state index contributed by atoms with van der Waals surface area (Å²) in [6.45, 7) is 4.64. The highest BCUT2D eigenvalue weighted by atomic mass is 19.1. The second-order valence-electron chi connectivity index (χ2n) is 7.08. The number of amides is 1. The molecule has 0 saturated carbocycles. The molecule has 5 nitrogen and oxygen atoms in total. The highest BCUT2D eigenvalue weighted by Gasteiger charge is 2.47. The number of nitrogens with zero attached hydrogens (tertiary/aromatic N) is 4. The highest BCUT2D eigenvalue weighted by Crippen LogP contribution is 2.38. The highest BCUT2D eigenvalue weighted by molar-refractivity contribution is 5.89. The number of carbonyl (C=O) groups excluding carboxylic acids is 1. The van der Waals surface area contributed by atoms with Gasteiger partial charge in [-0.3, -0.25) is 4.79 Å². The van der Waals surface area contributed by atoms with E-state index in [0.29, 0.717) is 25.1 Å². The van der Waals surface area contributed by atoms with E-state index in [9.17, 15) is 9.18 Å². The molecule has 0 spiro atoms. The van der Waals surface area contributed by atoms with Gasteiger partial charge in [-0.1, -0.05) is 30.3 Å². The number of benzene rings is 2. The van der Waals surface area contributed by atoms with E-state index in [4.69, 9.17) is 5.26 Å². The van der Waals surface area contributed by atoms with Crippen molar-refractivity contribution in [3.8, 4) is 6.07 Å². The van der Waals surface area contributed by atoms with E-state index >= 15 is 0 Å². The van der Waals surface area contributed by atoms with Gasteiger partial charge in [0.1, 0.15) is 5.82 Å². The summed E-state index contributed by atoms with van der Waals surface area (Å²) in [7, 11) is 0. The quantitative estimate of drug-likeness (QED) is 0.628. The minimum atomic E-state index is -1.03. The summed E-state index contributed by atoms with van der Waals surface area (Å²) < 4.78 is 15.2. The van der Waals surface area contributed by atoms with Crippen LogP contribution in [0.3, 0.4) is 0 Å². The van der Waals surface area contributed by atoms with E-state index in [-0.39, 0.29) is 11.7 Å². The largest absolute Gasteiger partial charge is 0.330 e. The van der Waals surface area contributed by atoms with E-state index in [1.54, 1.807) is 47.8 Å². The zero-order valence-corrected chi connectivity index (χ0v) is 15.8. The van der Waals surface area contributed by atoms with Crippen molar-refractivity contribution in [1.29, 1.82) is 5.26 Å². The second-order valence-corrected chi connectivity index (χ2v) is 7.08. The molecule has 0 N–H and O–H groups in total. The van der Waals surface area contributed by atoms with Crippen LogP contribution in [0.4, 0.5) is 4.39 Å². The van der Waals surface area contributed by atoms with Crippen LogP contribution in [-0.4, -0.2) is 20.4 Å². The van der Waals surface area contributed by atoms with Crippen molar-refractivity contribution < 1.29 is 9.18 Å². The lowest BCUT2D eigenvalue weighted by Gasteiger charge is -2.43. The molecule has 0 unspecified atom stereocenters. The van der Waals surface area contributed by atoms with Gasteiger partial charge in [-0.2, -0.15) is 5.26 Å². The molecule has 1 aromatic heterocycles. The Balaban J connectivity index is 1.82. The predicted molar refractivity (Wildman–Crippen MR) is 106 cm³/mol. The molecule has 1 amide bonds. The zero-order chi connectivity index (χ0) is 20.4. The van der Waals surface area contributed by atoms with E-state index in [1.807, 2.05) is 16.7 Å². The van der Waals surface area contributed by atoms with Gasteiger partial charge in [-0.05, 0) is 35.4 Å². The Morgan fingerprint density at radius 1 is 1.21 bits per heavy atom. The summed E-state index contributed by atoms with van der Waals surface area (Å²) in [6.07, 6.45) is 5.53. The third kappa shape index (κ3) is 3.11. The van der Waals surface area contributed by atoms with E-state index in [0.717, 1.165) is 16.8 Å². The van der Waals surface area contributed by atoms with Gasteiger partial charge in [0, 0.05) is 19.2 Å². The summed E-state index contributed by atoms with van der Waals surface area (Å²) in [5, 5.41) is 9.13. The normalized spacial score (nSPS) is 18.2. The Bertz CT molecular complexity index is 1100. The Morgan fingerprint density at radius 3 is 2.59 bits per heavy atom. The number of fused-ring (bicyclic) bond motifs is 1. The first-order chi connectivity index (χ1) is 14.1. The van der Waals surface area contributed by atoms with Crippen molar-refractivity contribution in [1.82, 2.24) is 14.5 Å². The van der Waals surface area contributed by atoms with Crippen molar-refractivity contribution in [2.75, 3.05) is 0 Å². The number of aromatic nitrogens is 2. The van der Waals surface area contributed by atoms with Crippen LogP contribution < -0.4 is 0 Å². The summed E-state index contributed by atoms with van der Waals surface area (Å²) in [5.74, 6) is -0.396. The molecule has 6 heteroatoms. The number of nitriles is 1. The fourth-order valence-electron chi connectivity index (χ4n) is 3.95. The molecular weight excluding hydrogens is 367 g/mol. The Kier molecular flexibility index (Phi) is 4.73. The van der Waals surface area contributed by atoms with Crippen molar-refractivity contribution in [2.45, 2.75) is 25.0 Å². The van der Waals surface area contributed by atoms with E-state index in [1.165, 1.54) is 12.1 Å². The van der Waals surface area contributed by atoms with Gasteiger partial charge >= 0.3 is 0 Å². The van der Waals surface area contributed by atoms with Crippen LogP contribution >= 0.6 is 0 Å². The number of rotatable bonds is 5. The molecule has 29 heavy (non-hydrogen) atoms. The smallest absolute Gasteiger partial charge is 0.254 e. The van der Waals surface area contributed by atoms with Gasteiger partial charge in [-0.15, -0.1) is 6.58 Å². The number of imidazole rings is 1. The number of hydrogen-bond donors (Lipinski definition) is 0. The van der Waals surface area contributed by atoms with Gasteiger partial charge in [0.25, 0.3) is 5.91 Å². The molecule has 0 aliphatic carbocycles. The molecular formula is C23H19FN4O. The molecule has 2 heterocycles. The Labute approximate surface area is 168 Å². The van der Waals surface area contributed by atoms with Crippen LogP contribution in [0, 0.1) is 17.1 Å². The Hall–Kier alpha value is -3.72. The first kappa shape index (κ1) is 18.6. The van der Waals surface area contributed by atoms with E-state index < -0.39 is 5.54 Å². The average Bonchev–Trinajstić information content (AvgIpc) is 3.21. The van der Waals surface area contributed by atoms with Crippen molar-refractivity contribution in [2.24, 2.45) is 0 Å². The molecule has 1 aliphatic rings. The molecule has 0 fully saturated rings. The SMILES string of the molecule is C=CC[C@]1(c2ccc(C#N)cc2)C(=O)N(Cc2ccc(F)cc2)Cc2cncn21. The third-order valence-corrected chi connectivity index (χ3v) is 5.34. The minimum absolute atomic E-state index is 0.0862. The van der Waals surface area contributed by atoms with Gasteiger partial charge in [0.05, 0.1) is 30.2 Å². The topological polar surface area (TPSA) is 61.9 Å². The van der Waals surface area contributed by atoms with E-state index in [2.05, 4.69) is 17.6 Å². The lowest BCUT2D eigenvalue weighted by molar-refractivity contribution is -0.142. The van der Waals surface area contributed by atoms with Gasteiger partial charge < -0.3 is 9.47 Å². The van der Waals surface area contributed by atoms with Crippen molar-refractivity contribution in [3.63, 3.8) is 0 Å². The molecule has 0 bridgehead atoms. The summed E-state index contributed by atoms with van der Waals surface area (Å²) in [5.41, 5.74) is 2.02. The number of allylic oxidation sites excluding steroid dienone is 1. The fraction of sp³-hybridized carbons (Fsp3) is 0.174. The summed E-state index contributed by atoms with van der Waals surface area (Å²) >= 11 is 0. The predicted octanol–water partition coefficient (Wildman–Crippen LogP) is 3.76. The monoisotopic (exact) mass is 386 g/mol. The van der Waals surface area contributed by atoms with Crippen LogP contribution in [0.15, 0.2) is 73.7 Å². The average molecular weight is 386 g/mol. The molecule has 3 aromatic rings. The number of hydrogen-bond acceptors (Lipinski definition) is 3. The molecule has 144 valence electrons. The van der Waals surface area contributed by atoms with Crippen molar-refractivity contribution >= 4 is 5.91 Å². The first-order valence-corrected chi connectivity index (χ1v) is 9.25. The van der Waals surface area contributed by atoms with Crippen LogP contribution in [-0.2, 0) is 23.4 Å². The van der Waals surface area contributed by atoms with Gasteiger partial charge in [0.2, 0.25) is 0 Å². The van der Waals surface area contributed by atoms with Gasteiger partial charge in [-0.25, -0.2) is 9.37 Å². The summed E-state index contributed by atoms with van der Waals surface area (Å²) in [6, 6.07) is 15.3. The number of halogens is 1. The van der Waals surface area contributed by atoms with Crippen LogP contribution in [0.1, 0.15) is 28.8 Å². The first-order valence-electron chi connectivity index (χ1n) is 9.25. The molecule has 1 aliphatic heterocycles. The molecule has 1 atom stereocenters. The van der Waals surface area contributed by atoms with Crippen LogP contribution in [0.2, 0.25) is 0 Å². The standard InChI is InChI=1S/C23H19FN4O/c1-2-11-23(19-7-3-17(12-25)4-8-19)22(29)27(15-21-13-26-16-28(21)23)14-18-5-9-20(24)10-6-18/h2-10,13,16H,1,11,14-15H2/t23-/m0/s1. The van der Waals surface area contributed by atoms with Crippen molar-refractivity contribution in [3.05, 3.63) is 102 Å². The summed E-state index contributed by atoms with van der Waals surface area (Å²) in [4.78, 5) is 19.8. The second kappa shape index (κ2) is 7.36. The lowest BCUT2D eigenvalue weighted by Crippen LogP contribution is -2.55.